The average Bonchev–Trinajstić information content (AvgIpc) is 2.16. The van der Waals surface area contributed by atoms with Crippen LogP contribution < -0.4 is 0 Å². The monoisotopic (exact) mass is 231 g/mol. The quantitative estimate of drug-likeness (QED) is 0.304. The molecule has 0 aliphatic rings. The van der Waals surface area contributed by atoms with E-state index in [2.05, 4.69) is 11.3 Å². The van der Waals surface area contributed by atoms with Crippen molar-refractivity contribution in [3.05, 3.63) is 22.3 Å². The Bertz CT molecular complexity index is 289. The Morgan fingerprint density at radius 2 is 2.12 bits per heavy atom. The van der Waals surface area contributed by atoms with Crippen molar-refractivity contribution in [2.24, 2.45) is 0 Å². The number of hydrogen-bond acceptors (Lipinski definition) is 5. The summed E-state index contributed by atoms with van der Waals surface area (Å²) in [6, 6.07) is 0. The molecule has 0 aromatic rings. The number of carbonyl (C=O) groups is 1. The van der Waals surface area contributed by atoms with E-state index in [0.717, 1.165) is 0 Å². The Morgan fingerprint density at radius 3 is 2.50 bits per heavy atom. The Balaban J connectivity index is 4.57. The standard InChI is InChI=1S/C10H17NO5/c1-4-10(13,6-9(12)16-5-2)8(3)7-11(14)15/h13H,3-7H2,1-2H3. The van der Waals surface area contributed by atoms with Gasteiger partial charge in [0.1, 0.15) is 5.60 Å². The van der Waals surface area contributed by atoms with E-state index in [-0.39, 0.29) is 25.0 Å². The van der Waals surface area contributed by atoms with Crippen LogP contribution in [0.4, 0.5) is 0 Å². The summed E-state index contributed by atoms with van der Waals surface area (Å²) in [5.74, 6) is -0.587. The van der Waals surface area contributed by atoms with E-state index >= 15 is 0 Å². The van der Waals surface area contributed by atoms with Crippen molar-refractivity contribution >= 4 is 5.97 Å². The zero-order chi connectivity index (χ0) is 12.8. The zero-order valence-electron chi connectivity index (χ0n) is 9.56. The number of aliphatic hydroxyl groups is 1. The molecule has 0 aliphatic carbocycles. The van der Waals surface area contributed by atoms with Crippen LogP contribution in [0.5, 0.6) is 0 Å². The van der Waals surface area contributed by atoms with E-state index < -0.39 is 23.0 Å². The first-order valence-electron chi connectivity index (χ1n) is 5.03. The third kappa shape index (κ3) is 4.39. The second-order valence-electron chi connectivity index (χ2n) is 3.46. The summed E-state index contributed by atoms with van der Waals surface area (Å²) in [6.45, 7) is 6.39. The molecule has 0 bridgehead atoms. The van der Waals surface area contributed by atoms with Crippen molar-refractivity contribution in [3.8, 4) is 0 Å². The topological polar surface area (TPSA) is 89.7 Å². The first-order valence-corrected chi connectivity index (χ1v) is 5.03. The summed E-state index contributed by atoms with van der Waals surface area (Å²) >= 11 is 0. The highest BCUT2D eigenvalue weighted by Gasteiger charge is 2.34. The van der Waals surface area contributed by atoms with Crippen LogP contribution >= 0.6 is 0 Å². The number of nitro groups is 1. The predicted octanol–water partition coefficient (Wildman–Crippen LogP) is 0.914. The first-order chi connectivity index (χ1) is 7.35. The third-order valence-electron chi connectivity index (χ3n) is 2.31. The van der Waals surface area contributed by atoms with Gasteiger partial charge in [0.25, 0.3) is 0 Å². The van der Waals surface area contributed by atoms with Crippen molar-refractivity contribution < 1.29 is 19.6 Å². The molecular weight excluding hydrogens is 214 g/mol. The normalized spacial score (nSPS) is 13.9. The molecule has 0 amide bonds. The lowest BCUT2D eigenvalue weighted by atomic mass is 9.88. The number of rotatable bonds is 7. The molecule has 0 aromatic carbocycles. The van der Waals surface area contributed by atoms with Gasteiger partial charge in [-0.25, -0.2) is 0 Å². The van der Waals surface area contributed by atoms with E-state index in [1.165, 1.54) is 0 Å². The van der Waals surface area contributed by atoms with Gasteiger partial charge >= 0.3 is 5.97 Å². The zero-order valence-corrected chi connectivity index (χ0v) is 9.56. The van der Waals surface area contributed by atoms with Crippen molar-refractivity contribution in [1.29, 1.82) is 0 Å². The lowest BCUT2D eigenvalue weighted by Crippen LogP contribution is -2.36. The fourth-order valence-corrected chi connectivity index (χ4v) is 1.25. The molecule has 0 heterocycles. The number of carbonyl (C=O) groups excluding carboxylic acids is 1. The molecule has 0 saturated heterocycles. The molecule has 0 aromatic heterocycles. The second kappa shape index (κ2) is 6.22. The van der Waals surface area contributed by atoms with Gasteiger partial charge in [-0.3, -0.25) is 14.9 Å². The molecule has 1 unspecified atom stereocenters. The number of nitrogens with zero attached hydrogens (tertiary/aromatic N) is 1. The van der Waals surface area contributed by atoms with Crippen molar-refractivity contribution in [1.82, 2.24) is 0 Å². The number of esters is 1. The maximum Gasteiger partial charge on any atom is 0.309 e. The van der Waals surface area contributed by atoms with Gasteiger partial charge in [0.15, 0.2) is 0 Å². The van der Waals surface area contributed by atoms with E-state index in [1.807, 2.05) is 0 Å². The molecule has 16 heavy (non-hydrogen) atoms. The molecular formula is C10H17NO5. The Labute approximate surface area is 94.1 Å². The second-order valence-corrected chi connectivity index (χ2v) is 3.46. The van der Waals surface area contributed by atoms with Gasteiger partial charge in [-0.05, 0) is 13.3 Å². The van der Waals surface area contributed by atoms with Crippen LogP contribution in [0.3, 0.4) is 0 Å². The van der Waals surface area contributed by atoms with Gasteiger partial charge in [-0.1, -0.05) is 13.5 Å². The van der Waals surface area contributed by atoms with Gasteiger partial charge in [0, 0.05) is 10.5 Å². The molecule has 1 atom stereocenters. The van der Waals surface area contributed by atoms with Crippen molar-refractivity contribution in [2.45, 2.75) is 32.3 Å². The highest BCUT2D eigenvalue weighted by molar-refractivity contribution is 5.71. The smallest absolute Gasteiger partial charge is 0.309 e. The minimum atomic E-state index is -1.56. The summed E-state index contributed by atoms with van der Waals surface area (Å²) in [6.07, 6.45) is -0.123. The lowest BCUT2D eigenvalue weighted by molar-refractivity contribution is -0.472. The summed E-state index contributed by atoms with van der Waals surface area (Å²) < 4.78 is 4.68. The van der Waals surface area contributed by atoms with Crippen LogP contribution in [0.2, 0.25) is 0 Å². The molecule has 0 aliphatic heterocycles. The molecule has 1 N–H and O–H groups in total. The van der Waals surface area contributed by atoms with Crippen LogP contribution in [0.15, 0.2) is 12.2 Å². The van der Waals surface area contributed by atoms with E-state index in [9.17, 15) is 20.0 Å². The molecule has 0 spiro atoms. The fourth-order valence-electron chi connectivity index (χ4n) is 1.25. The van der Waals surface area contributed by atoms with Crippen LogP contribution in [-0.4, -0.2) is 34.8 Å². The fraction of sp³-hybridized carbons (Fsp3) is 0.700. The van der Waals surface area contributed by atoms with Crippen LogP contribution in [0.25, 0.3) is 0 Å². The van der Waals surface area contributed by atoms with E-state index in [1.54, 1.807) is 13.8 Å². The van der Waals surface area contributed by atoms with E-state index in [0.29, 0.717) is 0 Å². The molecule has 6 heteroatoms. The number of hydrogen-bond donors (Lipinski definition) is 1. The molecule has 0 fully saturated rings. The van der Waals surface area contributed by atoms with Gasteiger partial charge < -0.3 is 9.84 Å². The number of ether oxygens (including phenoxy) is 1. The SMILES string of the molecule is C=C(C[N+](=O)[O-])C(O)(CC)CC(=O)OCC. The predicted molar refractivity (Wildman–Crippen MR) is 57.5 cm³/mol. The third-order valence-corrected chi connectivity index (χ3v) is 2.31. The maximum absolute atomic E-state index is 11.2. The van der Waals surface area contributed by atoms with Gasteiger partial charge in [-0.15, -0.1) is 0 Å². The molecule has 92 valence electrons. The average molecular weight is 231 g/mol. The lowest BCUT2D eigenvalue weighted by Gasteiger charge is -2.25. The van der Waals surface area contributed by atoms with Crippen LogP contribution in [0.1, 0.15) is 26.7 Å². The van der Waals surface area contributed by atoms with Crippen LogP contribution in [0, 0.1) is 10.1 Å². The summed E-state index contributed by atoms with van der Waals surface area (Å²) in [7, 11) is 0. The summed E-state index contributed by atoms with van der Waals surface area (Å²) in [5.41, 5.74) is -1.53. The molecule has 0 rings (SSSR count). The summed E-state index contributed by atoms with van der Waals surface area (Å²) in [5, 5.41) is 20.3. The Morgan fingerprint density at radius 1 is 1.56 bits per heavy atom. The molecule has 0 saturated carbocycles. The van der Waals surface area contributed by atoms with Gasteiger partial charge in [0.05, 0.1) is 13.0 Å². The van der Waals surface area contributed by atoms with Crippen molar-refractivity contribution in [2.75, 3.05) is 13.2 Å². The first kappa shape index (κ1) is 14.6. The van der Waals surface area contributed by atoms with Gasteiger partial charge in [0.2, 0.25) is 6.54 Å². The van der Waals surface area contributed by atoms with Crippen LogP contribution in [-0.2, 0) is 9.53 Å². The Kier molecular flexibility index (Phi) is 5.66. The Hall–Kier alpha value is -1.43. The minimum Gasteiger partial charge on any atom is -0.466 e. The van der Waals surface area contributed by atoms with Crippen molar-refractivity contribution in [3.63, 3.8) is 0 Å². The van der Waals surface area contributed by atoms with Gasteiger partial charge in [-0.2, -0.15) is 0 Å². The maximum atomic E-state index is 11.2. The minimum absolute atomic E-state index is 0.0213. The summed E-state index contributed by atoms with van der Waals surface area (Å²) in [4.78, 5) is 20.9. The largest absolute Gasteiger partial charge is 0.466 e. The van der Waals surface area contributed by atoms with E-state index in [4.69, 9.17) is 0 Å². The molecule has 6 nitrogen and oxygen atoms in total. The highest BCUT2D eigenvalue weighted by Crippen LogP contribution is 2.24. The highest BCUT2D eigenvalue weighted by atomic mass is 16.6. The molecule has 0 radical (unpaired) electrons.